The standard InChI is InChI=1S/C18H18N6O3S/c1-19-17(26)20-16(25)15(12-8-4-3-5-9-12)28-18-21-22-23-24(18)13-10-6-7-11-14(13)27-2/h3-11,15H,1-2H3,(H2,19,20,25,26)/t15-/m0/s1. The average Bonchev–Trinajstić information content (AvgIpc) is 3.20. The van der Waals surface area contributed by atoms with E-state index in [9.17, 15) is 9.59 Å². The molecule has 2 N–H and O–H groups in total. The summed E-state index contributed by atoms with van der Waals surface area (Å²) in [6.45, 7) is 0. The molecule has 144 valence electrons. The molecule has 0 bridgehead atoms. The molecule has 0 aliphatic carbocycles. The largest absolute Gasteiger partial charge is 0.494 e. The lowest BCUT2D eigenvalue weighted by atomic mass is 10.1. The van der Waals surface area contributed by atoms with Gasteiger partial charge in [0.15, 0.2) is 0 Å². The quantitative estimate of drug-likeness (QED) is 0.611. The summed E-state index contributed by atoms with van der Waals surface area (Å²) in [5.41, 5.74) is 1.35. The third-order valence-electron chi connectivity index (χ3n) is 3.78. The highest BCUT2D eigenvalue weighted by atomic mass is 32.2. The van der Waals surface area contributed by atoms with Crippen LogP contribution >= 0.6 is 11.8 Å². The van der Waals surface area contributed by atoms with E-state index in [4.69, 9.17) is 4.74 Å². The molecule has 1 atom stereocenters. The van der Waals surface area contributed by atoms with Gasteiger partial charge in [-0.3, -0.25) is 10.1 Å². The number of methoxy groups -OCH3 is 1. The van der Waals surface area contributed by atoms with E-state index in [2.05, 4.69) is 26.2 Å². The Morgan fingerprint density at radius 3 is 2.54 bits per heavy atom. The fourth-order valence-electron chi connectivity index (χ4n) is 2.45. The first-order valence-electron chi connectivity index (χ1n) is 8.30. The molecule has 9 nitrogen and oxygen atoms in total. The molecule has 0 aliphatic rings. The molecule has 0 saturated carbocycles. The van der Waals surface area contributed by atoms with E-state index in [0.29, 0.717) is 22.2 Å². The molecule has 3 amide bonds. The number of tetrazole rings is 1. The third kappa shape index (κ3) is 4.29. The molecule has 1 heterocycles. The zero-order valence-electron chi connectivity index (χ0n) is 15.2. The van der Waals surface area contributed by atoms with E-state index in [-0.39, 0.29) is 0 Å². The van der Waals surface area contributed by atoms with Gasteiger partial charge in [0.2, 0.25) is 11.1 Å². The van der Waals surface area contributed by atoms with Gasteiger partial charge in [-0.2, -0.15) is 4.68 Å². The number of hydrogen-bond acceptors (Lipinski definition) is 7. The van der Waals surface area contributed by atoms with Crippen molar-refractivity contribution in [2.45, 2.75) is 10.4 Å². The Kier molecular flexibility index (Phi) is 6.22. The van der Waals surface area contributed by atoms with Crippen LogP contribution in [0, 0.1) is 0 Å². The molecule has 0 radical (unpaired) electrons. The van der Waals surface area contributed by atoms with Gasteiger partial charge in [0.25, 0.3) is 0 Å². The normalized spacial score (nSPS) is 11.5. The monoisotopic (exact) mass is 398 g/mol. The number of carbonyl (C=O) groups is 2. The SMILES string of the molecule is CNC(=O)NC(=O)[C@@H](Sc1nnnn1-c1ccccc1OC)c1ccccc1. The lowest BCUT2D eigenvalue weighted by Gasteiger charge is -2.16. The number of imide groups is 1. The van der Waals surface area contributed by atoms with Gasteiger partial charge >= 0.3 is 6.03 Å². The molecular formula is C18H18N6O3S. The summed E-state index contributed by atoms with van der Waals surface area (Å²) in [6, 6.07) is 15.8. The summed E-state index contributed by atoms with van der Waals surface area (Å²) in [5, 5.41) is 16.1. The van der Waals surface area contributed by atoms with Crippen LogP contribution in [0.1, 0.15) is 10.8 Å². The second kappa shape index (κ2) is 9.00. The maximum atomic E-state index is 12.7. The van der Waals surface area contributed by atoms with Crippen LogP contribution in [0.4, 0.5) is 4.79 Å². The number of urea groups is 1. The van der Waals surface area contributed by atoms with E-state index in [0.717, 1.165) is 11.8 Å². The van der Waals surface area contributed by atoms with Crippen LogP contribution < -0.4 is 15.4 Å². The molecule has 0 aliphatic heterocycles. The molecule has 0 spiro atoms. The molecule has 0 fully saturated rings. The molecule has 3 aromatic rings. The van der Waals surface area contributed by atoms with Crippen molar-refractivity contribution in [2.24, 2.45) is 0 Å². The van der Waals surface area contributed by atoms with Crippen molar-refractivity contribution >= 4 is 23.7 Å². The number of rotatable bonds is 6. The first-order valence-corrected chi connectivity index (χ1v) is 9.18. The number of ether oxygens (including phenoxy) is 1. The number of thioether (sulfide) groups is 1. The molecule has 1 aromatic heterocycles. The summed E-state index contributed by atoms with van der Waals surface area (Å²) in [7, 11) is 3.00. The number of benzene rings is 2. The Hall–Kier alpha value is -3.40. The van der Waals surface area contributed by atoms with Crippen molar-refractivity contribution in [3.63, 3.8) is 0 Å². The summed E-state index contributed by atoms with van der Waals surface area (Å²) in [5.74, 6) is 0.104. The zero-order chi connectivity index (χ0) is 19.9. The van der Waals surface area contributed by atoms with Crippen LogP contribution in [0.15, 0.2) is 59.8 Å². The van der Waals surface area contributed by atoms with Gasteiger partial charge in [0, 0.05) is 7.05 Å². The van der Waals surface area contributed by atoms with E-state index in [1.165, 1.54) is 11.7 Å². The topological polar surface area (TPSA) is 111 Å². The highest BCUT2D eigenvalue weighted by molar-refractivity contribution is 8.00. The van der Waals surface area contributed by atoms with Crippen molar-refractivity contribution < 1.29 is 14.3 Å². The number of para-hydroxylation sites is 2. The van der Waals surface area contributed by atoms with Crippen molar-refractivity contribution in [1.29, 1.82) is 0 Å². The lowest BCUT2D eigenvalue weighted by molar-refractivity contribution is -0.119. The number of aromatic nitrogens is 4. The second-order valence-electron chi connectivity index (χ2n) is 5.52. The molecule has 3 rings (SSSR count). The molecule has 0 saturated heterocycles. The molecule has 28 heavy (non-hydrogen) atoms. The zero-order valence-corrected chi connectivity index (χ0v) is 16.0. The smallest absolute Gasteiger partial charge is 0.321 e. The summed E-state index contributed by atoms with van der Waals surface area (Å²) in [4.78, 5) is 24.3. The Bertz CT molecular complexity index is 963. The van der Waals surface area contributed by atoms with Gasteiger partial charge in [0.1, 0.15) is 16.7 Å². The van der Waals surface area contributed by atoms with Crippen molar-refractivity contribution in [3.8, 4) is 11.4 Å². The van der Waals surface area contributed by atoms with E-state index in [1.54, 1.807) is 31.4 Å². The molecule has 0 unspecified atom stereocenters. The first kappa shape index (κ1) is 19.4. The minimum Gasteiger partial charge on any atom is -0.494 e. The maximum absolute atomic E-state index is 12.7. The van der Waals surface area contributed by atoms with E-state index in [1.807, 2.05) is 30.3 Å². The predicted molar refractivity (Wildman–Crippen MR) is 103 cm³/mol. The van der Waals surface area contributed by atoms with E-state index >= 15 is 0 Å². The molecule has 2 aromatic carbocycles. The highest BCUT2D eigenvalue weighted by Crippen LogP contribution is 2.36. The predicted octanol–water partition coefficient (Wildman–Crippen LogP) is 1.96. The first-order chi connectivity index (χ1) is 13.6. The average molecular weight is 398 g/mol. The van der Waals surface area contributed by atoms with Gasteiger partial charge in [-0.1, -0.05) is 54.2 Å². The number of nitrogens with one attached hydrogen (secondary N) is 2. The number of amides is 3. The van der Waals surface area contributed by atoms with Crippen LogP contribution in [0.5, 0.6) is 5.75 Å². The molecule has 10 heteroatoms. The van der Waals surface area contributed by atoms with Gasteiger partial charge in [-0.25, -0.2) is 4.79 Å². The highest BCUT2D eigenvalue weighted by Gasteiger charge is 2.27. The second-order valence-corrected chi connectivity index (χ2v) is 6.59. The van der Waals surface area contributed by atoms with E-state index < -0.39 is 17.2 Å². The minimum absolute atomic E-state index is 0.380. The number of hydrogen-bond donors (Lipinski definition) is 2. The lowest BCUT2D eigenvalue weighted by Crippen LogP contribution is -2.39. The van der Waals surface area contributed by atoms with Gasteiger partial charge < -0.3 is 10.1 Å². The fourth-order valence-corrected chi connectivity index (χ4v) is 3.44. The summed E-state index contributed by atoms with van der Waals surface area (Å²) >= 11 is 1.13. The Morgan fingerprint density at radius 1 is 1.11 bits per heavy atom. The van der Waals surface area contributed by atoms with Crippen LogP contribution in [-0.4, -0.2) is 46.3 Å². The minimum atomic E-state index is -0.738. The number of nitrogens with zero attached hydrogens (tertiary/aromatic N) is 4. The van der Waals surface area contributed by atoms with Crippen LogP contribution in [-0.2, 0) is 4.79 Å². The van der Waals surface area contributed by atoms with Crippen LogP contribution in [0.3, 0.4) is 0 Å². The van der Waals surface area contributed by atoms with Crippen molar-refractivity contribution in [3.05, 3.63) is 60.2 Å². The summed E-state index contributed by atoms with van der Waals surface area (Å²) in [6.07, 6.45) is 0. The number of carbonyl (C=O) groups excluding carboxylic acids is 2. The van der Waals surface area contributed by atoms with Crippen LogP contribution in [0.25, 0.3) is 5.69 Å². The Labute approximate surface area is 165 Å². The van der Waals surface area contributed by atoms with Crippen LogP contribution in [0.2, 0.25) is 0 Å². The molecular weight excluding hydrogens is 380 g/mol. The van der Waals surface area contributed by atoms with Gasteiger partial charge in [-0.05, 0) is 28.1 Å². The van der Waals surface area contributed by atoms with Crippen molar-refractivity contribution in [1.82, 2.24) is 30.8 Å². The third-order valence-corrected chi connectivity index (χ3v) is 4.97. The van der Waals surface area contributed by atoms with Gasteiger partial charge in [0.05, 0.1) is 7.11 Å². The summed E-state index contributed by atoms with van der Waals surface area (Å²) < 4.78 is 6.86. The maximum Gasteiger partial charge on any atom is 0.321 e. The van der Waals surface area contributed by atoms with Crippen molar-refractivity contribution in [2.75, 3.05) is 14.2 Å². The Balaban J connectivity index is 1.95. The Morgan fingerprint density at radius 2 is 1.82 bits per heavy atom. The van der Waals surface area contributed by atoms with Gasteiger partial charge in [-0.15, -0.1) is 5.10 Å². The fraction of sp³-hybridized carbons (Fsp3) is 0.167.